The minimum atomic E-state index is 0.447. The fraction of sp³-hybridized carbons (Fsp3) is 0.286. The van der Waals surface area contributed by atoms with Crippen LogP contribution in [0.15, 0.2) is 42.7 Å². The lowest BCUT2D eigenvalue weighted by Gasteiger charge is -2.28. The van der Waals surface area contributed by atoms with E-state index in [1.807, 2.05) is 12.1 Å². The van der Waals surface area contributed by atoms with E-state index in [2.05, 4.69) is 49.4 Å². The highest BCUT2D eigenvalue weighted by Gasteiger charge is 2.19. The van der Waals surface area contributed by atoms with Gasteiger partial charge in [0, 0.05) is 30.9 Å². The quantitative estimate of drug-likeness (QED) is 0.684. The molecule has 1 aliphatic rings. The Morgan fingerprint density at radius 1 is 0.931 bits per heavy atom. The SMILES string of the molecule is COc1cc(Nc2ncnc(N3CCc4ccccc4C3)n2)cc(OC)c1OC. The lowest BCUT2D eigenvalue weighted by atomic mass is 10.0. The Hall–Kier alpha value is -3.55. The molecule has 3 aromatic rings. The van der Waals surface area contributed by atoms with E-state index < -0.39 is 0 Å². The molecule has 0 bridgehead atoms. The van der Waals surface area contributed by atoms with Crippen LogP contribution in [0, 0.1) is 0 Å². The number of fused-ring (bicyclic) bond motifs is 1. The second-order valence-corrected chi connectivity index (χ2v) is 6.59. The summed E-state index contributed by atoms with van der Waals surface area (Å²) in [7, 11) is 4.73. The lowest BCUT2D eigenvalue weighted by Crippen LogP contribution is -2.31. The van der Waals surface area contributed by atoms with Crippen LogP contribution in [0.3, 0.4) is 0 Å². The summed E-state index contributed by atoms with van der Waals surface area (Å²) < 4.78 is 16.2. The van der Waals surface area contributed by atoms with Crippen molar-refractivity contribution in [3.05, 3.63) is 53.9 Å². The number of ether oxygens (including phenoxy) is 3. The molecule has 0 atom stereocenters. The average Bonchev–Trinajstić information content (AvgIpc) is 2.78. The van der Waals surface area contributed by atoms with Crippen LogP contribution in [0.25, 0.3) is 0 Å². The van der Waals surface area contributed by atoms with E-state index in [0.29, 0.717) is 29.1 Å². The van der Waals surface area contributed by atoms with E-state index in [4.69, 9.17) is 14.2 Å². The van der Waals surface area contributed by atoms with E-state index in [1.54, 1.807) is 21.3 Å². The highest BCUT2D eigenvalue weighted by Crippen LogP contribution is 2.40. The number of rotatable bonds is 6. The second-order valence-electron chi connectivity index (χ2n) is 6.59. The summed E-state index contributed by atoms with van der Waals surface area (Å²) in [6.07, 6.45) is 2.49. The molecule has 29 heavy (non-hydrogen) atoms. The van der Waals surface area contributed by atoms with Crippen LogP contribution in [0.2, 0.25) is 0 Å². The zero-order chi connectivity index (χ0) is 20.2. The standard InChI is InChI=1S/C21H23N5O3/c1-27-17-10-16(11-18(28-2)19(17)29-3)24-20-22-13-23-21(25-20)26-9-8-14-6-4-5-7-15(14)12-26/h4-7,10-11,13H,8-9,12H2,1-3H3,(H,22,23,24,25). The van der Waals surface area contributed by atoms with Crippen LogP contribution in [0.4, 0.5) is 17.6 Å². The summed E-state index contributed by atoms with van der Waals surface area (Å²) in [4.78, 5) is 15.4. The maximum Gasteiger partial charge on any atom is 0.232 e. The van der Waals surface area contributed by atoms with Crippen LogP contribution in [-0.2, 0) is 13.0 Å². The third-order valence-electron chi connectivity index (χ3n) is 4.89. The Morgan fingerprint density at radius 2 is 1.66 bits per heavy atom. The number of hydrogen-bond acceptors (Lipinski definition) is 8. The molecule has 0 saturated carbocycles. The molecule has 0 aliphatic carbocycles. The molecule has 150 valence electrons. The maximum absolute atomic E-state index is 5.40. The van der Waals surface area contributed by atoms with Gasteiger partial charge in [0.15, 0.2) is 11.5 Å². The van der Waals surface area contributed by atoms with Gasteiger partial charge in [-0.3, -0.25) is 0 Å². The number of aromatic nitrogens is 3. The number of benzene rings is 2. The van der Waals surface area contributed by atoms with E-state index >= 15 is 0 Å². The van der Waals surface area contributed by atoms with Gasteiger partial charge in [-0.15, -0.1) is 0 Å². The Kier molecular flexibility index (Phi) is 5.33. The van der Waals surface area contributed by atoms with E-state index in [0.717, 1.165) is 25.2 Å². The normalized spacial score (nSPS) is 12.9. The van der Waals surface area contributed by atoms with Crippen molar-refractivity contribution in [3.8, 4) is 17.2 Å². The fourth-order valence-electron chi connectivity index (χ4n) is 3.45. The molecule has 2 aromatic carbocycles. The Morgan fingerprint density at radius 3 is 2.34 bits per heavy atom. The van der Waals surface area contributed by atoms with Gasteiger partial charge in [-0.1, -0.05) is 24.3 Å². The summed E-state index contributed by atoms with van der Waals surface area (Å²) in [5, 5.41) is 3.20. The van der Waals surface area contributed by atoms with Crippen molar-refractivity contribution in [1.29, 1.82) is 0 Å². The van der Waals surface area contributed by atoms with Crippen molar-refractivity contribution in [1.82, 2.24) is 15.0 Å². The van der Waals surface area contributed by atoms with Gasteiger partial charge in [-0.25, -0.2) is 9.97 Å². The van der Waals surface area contributed by atoms with E-state index in [9.17, 15) is 0 Å². The lowest BCUT2D eigenvalue weighted by molar-refractivity contribution is 0.324. The predicted octanol–water partition coefficient (Wildman–Crippen LogP) is 3.20. The Labute approximate surface area is 169 Å². The van der Waals surface area contributed by atoms with Gasteiger partial charge < -0.3 is 24.4 Å². The number of anilines is 3. The molecule has 0 amide bonds. The molecular weight excluding hydrogens is 370 g/mol. The molecule has 0 fully saturated rings. The molecule has 1 N–H and O–H groups in total. The molecule has 4 rings (SSSR count). The summed E-state index contributed by atoms with van der Waals surface area (Å²) in [6.45, 7) is 1.65. The van der Waals surface area contributed by atoms with Crippen LogP contribution in [0.1, 0.15) is 11.1 Å². The zero-order valence-electron chi connectivity index (χ0n) is 16.7. The Balaban J connectivity index is 1.57. The van der Waals surface area contributed by atoms with Crippen LogP contribution >= 0.6 is 0 Å². The molecule has 1 aliphatic heterocycles. The minimum absolute atomic E-state index is 0.447. The molecular formula is C21H23N5O3. The van der Waals surface area contributed by atoms with Crippen molar-refractivity contribution >= 4 is 17.6 Å². The minimum Gasteiger partial charge on any atom is -0.493 e. The molecule has 8 nitrogen and oxygen atoms in total. The van der Waals surface area contributed by atoms with Crippen molar-refractivity contribution < 1.29 is 14.2 Å². The summed E-state index contributed by atoms with van der Waals surface area (Å²) in [5.74, 6) is 2.73. The fourth-order valence-corrected chi connectivity index (χ4v) is 3.45. The molecule has 0 saturated heterocycles. The van der Waals surface area contributed by atoms with Crippen molar-refractivity contribution in [2.24, 2.45) is 0 Å². The first-order chi connectivity index (χ1) is 14.2. The molecule has 0 spiro atoms. The number of nitrogens with one attached hydrogen (secondary N) is 1. The average molecular weight is 393 g/mol. The second kappa shape index (κ2) is 8.22. The highest BCUT2D eigenvalue weighted by atomic mass is 16.5. The zero-order valence-corrected chi connectivity index (χ0v) is 16.7. The molecule has 0 radical (unpaired) electrons. The summed E-state index contributed by atoms with van der Waals surface area (Å²) >= 11 is 0. The third-order valence-corrected chi connectivity index (χ3v) is 4.89. The van der Waals surface area contributed by atoms with Gasteiger partial charge in [-0.05, 0) is 17.5 Å². The van der Waals surface area contributed by atoms with Crippen molar-refractivity contribution in [2.75, 3.05) is 38.1 Å². The first-order valence-corrected chi connectivity index (χ1v) is 9.29. The van der Waals surface area contributed by atoms with Gasteiger partial charge in [0.05, 0.1) is 21.3 Å². The number of hydrogen-bond donors (Lipinski definition) is 1. The van der Waals surface area contributed by atoms with Crippen LogP contribution in [0.5, 0.6) is 17.2 Å². The number of methoxy groups -OCH3 is 3. The Bertz CT molecular complexity index is 986. The number of nitrogens with zero attached hydrogens (tertiary/aromatic N) is 4. The monoisotopic (exact) mass is 393 g/mol. The third kappa shape index (κ3) is 3.87. The largest absolute Gasteiger partial charge is 0.493 e. The van der Waals surface area contributed by atoms with E-state index in [-0.39, 0.29) is 0 Å². The van der Waals surface area contributed by atoms with Crippen molar-refractivity contribution in [2.45, 2.75) is 13.0 Å². The summed E-state index contributed by atoms with van der Waals surface area (Å²) in [6, 6.07) is 12.1. The summed E-state index contributed by atoms with van der Waals surface area (Å²) in [5.41, 5.74) is 3.41. The van der Waals surface area contributed by atoms with Gasteiger partial charge in [-0.2, -0.15) is 4.98 Å². The highest BCUT2D eigenvalue weighted by molar-refractivity contribution is 5.65. The molecule has 1 aromatic heterocycles. The van der Waals surface area contributed by atoms with Gasteiger partial charge in [0.1, 0.15) is 6.33 Å². The van der Waals surface area contributed by atoms with Crippen molar-refractivity contribution in [3.63, 3.8) is 0 Å². The molecule has 2 heterocycles. The smallest absolute Gasteiger partial charge is 0.232 e. The first-order valence-electron chi connectivity index (χ1n) is 9.29. The molecule has 0 unspecified atom stereocenters. The maximum atomic E-state index is 5.40. The van der Waals surface area contributed by atoms with Gasteiger partial charge in [0.25, 0.3) is 0 Å². The predicted molar refractivity (Wildman–Crippen MR) is 110 cm³/mol. The van der Waals surface area contributed by atoms with E-state index in [1.165, 1.54) is 17.5 Å². The topological polar surface area (TPSA) is 81.6 Å². The van der Waals surface area contributed by atoms with Gasteiger partial charge in [0.2, 0.25) is 17.6 Å². The van der Waals surface area contributed by atoms with Gasteiger partial charge >= 0.3 is 0 Å². The van der Waals surface area contributed by atoms with Crippen LogP contribution in [-0.4, -0.2) is 42.8 Å². The first kappa shape index (κ1) is 18.8. The molecule has 8 heteroatoms. The van der Waals surface area contributed by atoms with Crippen LogP contribution < -0.4 is 24.4 Å².